The number of thioether (sulfide) groups is 1. The standard InChI is InChI=1S/C18H24F3N3OS/c1-6-9-24-14-10-12(18(19,20)21)7-8-13(14)22-16(24)26-11(2)15(25)23-17(3,4)5/h7-8,10-11H,6,9H2,1-5H3,(H,23,25). The maximum absolute atomic E-state index is 13.0. The molecule has 1 amide bonds. The summed E-state index contributed by atoms with van der Waals surface area (Å²) in [6.07, 6.45) is -3.65. The Morgan fingerprint density at radius 3 is 2.50 bits per heavy atom. The molecule has 0 saturated carbocycles. The van der Waals surface area contributed by atoms with Gasteiger partial charge in [0.1, 0.15) is 0 Å². The highest BCUT2D eigenvalue weighted by Gasteiger charge is 2.31. The number of fused-ring (bicyclic) bond motifs is 1. The number of nitrogens with one attached hydrogen (secondary N) is 1. The van der Waals surface area contributed by atoms with Crippen LogP contribution in [0.1, 0.15) is 46.6 Å². The molecule has 1 heterocycles. The maximum Gasteiger partial charge on any atom is 0.416 e. The molecule has 2 rings (SSSR count). The molecule has 1 aromatic carbocycles. The molecule has 26 heavy (non-hydrogen) atoms. The van der Waals surface area contributed by atoms with Gasteiger partial charge in [0.15, 0.2) is 5.16 Å². The lowest BCUT2D eigenvalue weighted by atomic mass is 10.1. The van der Waals surface area contributed by atoms with Gasteiger partial charge in [-0.2, -0.15) is 13.2 Å². The fourth-order valence-corrected chi connectivity index (χ4v) is 3.44. The minimum Gasteiger partial charge on any atom is -0.351 e. The number of aromatic nitrogens is 2. The molecule has 2 aromatic rings. The zero-order valence-corrected chi connectivity index (χ0v) is 16.4. The molecule has 144 valence electrons. The molecule has 0 bridgehead atoms. The van der Waals surface area contributed by atoms with Gasteiger partial charge in [-0.3, -0.25) is 4.79 Å². The van der Waals surface area contributed by atoms with Crippen LogP contribution in [0.2, 0.25) is 0 Å². The molecule has 0 fully saturated rings. The van der Waals surface area contributed by atoms with Crippen molar-refractivity contribution >= 4 is 28.7 Å². The second-order valence-corrected chi connectivity index (χ2v) is 8.55. The van der Waals surface area contributed by atoms with Gasteiger partial charge < -0.3 is 9.88 Å². The number of rotatable bonds is 5. The summed E-state index contributed by atoms with van der Waals surface area (Å²) in [5.74, 6) is -0.131. The fraction of sp³-hybridized carbons (Fsp3) is 0.556. The third-order valence-corrected chi connectivity index (χ3v) is 4.73. The number of amides is 1. The molecule has 1 N–H and O–H groups in total. The van der Waals surface area contributed by atoms with Gasteiger partial charge in [-0.15, -0.1) is 0 Å². The predicted molar refractivity (Wildman–Crippen MR) is 98.2 cm³/mol. The molecule has 1 unspecified atom stereocenters. The lowest BCUT2D eigenvalue weighted by Crippen LogP contribution is -2.44. The van der Waals surface area contributed by atoms with Crippen molar-refractivity contribution < 1.29 is 18.0 Å². The van der Waals surface area contributed by atoms with Crippen molar-refractivity contribution in [1.29, 1.82) is 0 Å². The molecule has 0 radical (unpaired) electrons. The van der Waals surface area contributed by atoms with E-state index in [1.807, 2.05) is 27.7 Å². The Morgan fingerprint density at radius 1 is 1.31 bits per heavy atom. The van der Waals surface area contributed by atoms with Crippen molar-refractivity contribution in [3.8, 4) is 0 Å². The first-order chi connectivity index (χ1) is 11.9. The van der Waals surface area contributed by atoms with Crippen molar-refractivity contribution in [3.63, 3.8) is 0 Å². The van der Waals surface area contributed by atoms with Crippen molar-refractivity contribution in [2.45, 2.75) is 69.7 Å². The van der Waals surface area contributed by atoms with Gasteiger partial charge in [0.25, 0.3) is 0 Å². The molecule has 0 aliphatic heterocycles. The molecule has 0 aliphatic carbocycles. The van der Waals surface area contributed by atoms with E-state index in [-0.39, 0.29) is 11.4 Å². The lowest BCUT2D eigenvalue weighted by molar-refractivity contribution is -0.137. The predicted octanol–water partition coefficient (Wildman–Crippen LogP) is 4.86. The lowest BCUT2D eigenvalue weighted by Gasteiger charge is -2.23. The van der Waals surface area contributed by atoms with Crippen LogP contribution in [0.25, 0.3) is 11.0 Å². The number of nitrogens with zero attached hydrogens (tertiary/aromatic N) is 2. The molecule has 1 atom stereocenters. The average molecular weight is 387 g/mol. The Hall–Kier alpha value is -1.70. The zero-order valence-electron chi connectivity index (χ0n) is 15.6. The number of hydrogen-bond acceptors (Lipinski definition) is 3. The highest BCUT2D eigenvalue weighted by atomic mass is 32.2. The van der Waals surface area contributed by atoms with Gasteiger partial charge in [-0.05, 0) is 52.3 Å². The number of imidazole rings is 1. The van der Waals surface area contributed by atoms with E-state index in [1.54, 1.807) is 11.5 Å². The number of halogens is 3. The summed E-state index contributed by atoms with van der Waals surface area (Å²) in [4.78, 5) is 16.8. The maximum atomic E-state index is 13.0. The first-order valence-corrected chi connectivity index (χ1v) is 9.36. The van der Waals surface area contributed by atoms with Crippen molar-refractivity contribution in [2.24, 2.45) is 0 Å². The number of hydrogen-bond donors (Lipinski definition) is 1. The van der Waals surface area contributed by atoms with Crippen LogP contribution in [-0.4, -0.2) is 26.2 Å². The summed E-state index contributed by atoms with van der Waals surface area (Å²) in [5, 5.41) is 3.05. The average Bonchev–Trinajstić information content (AvgIpc) is 2.82. The summed E-state index contributed by atoms with van der Waals surface area (Å²) in [6, 6.07) is 3.55. The second kappa shape index (κ2) is 7.50. The van der Waals surface area contributed by atoms with Crippen LogP contribution in [0, 0.1) is 0 Å². The van der Waals surface area contributed by atoms with Gasteiger partial charge in [-0.25, -0.2) is 4.98 Å². The number of benzene rings is 1. The summed E-state index contributed by atoms with van der Waals surface area (Å²) < 4.78 is 40.8. The van der Waals surface area contributed by atoms with Gasteiger partial charge in [0, 0.05) is 12.1 Å². The van der Waals surface area contributed by atoms with E-state index in [1.165, 1.54) is 17.8 Å². The molecule has 8 heteroatoms. The molecule has 4 nitrogen and oxygen atoms in total. The second-order valence-electron chi connectivity index (χ2n) is 7.25. The third kappa shape index (κ3) is 4.93. The van der Waals surface area contributed by atoms with Gasteiger partial charge >= 0.3 is 6.18 Å². The van der Waals surface area contributed by atoms with Crippen LogP contribution in [-0.2, 0) is 17.5 Å². The number of carbonyl (C=O) groups is 1. The Balaban J connectivity index is 2.37. The largest absolute Gasteiger partial charge is 0.416 e. The van der Waals surface area contributed by atoms with E-state index in [0.29, 0.717) is 22.7 Å². The van der Waals surface area contributed by atoms with Gasteiger partial charge in [-0.1, -0.05) is 18.7 Å². The minimum atomic E-state index is -4.40. The highest BCUT2D eigenvalue weighted by molar-refractivity contribution is 8.00. The summed E-state index contributed by atoms with van der Waals surface area (Å²) in [7, 11) is 0. The Labute approximate surface area is 155 Å². The Morgan fingerprint density at radius 2 is 1.96 bits per heavy atom. The van der Waals surface area contributed by atoms with Crippen LogP contribution in [0.4, 0.5) is 13.2 Å². The third-order valence-electron chi connectivity index (χ3n) is 3.64. The highest BCUT2D eigenvalue weighted by Crippen LogP contribution is 2.34. The number of carbonyl (C=O) groups excluding carboxylic acids is 1. The van der Waals surface area contributed by atoms with E-state index < -0.39 is 17.0 Å². The van der Waals surface area contributed by atoms with Crippen LogP contribution in [0.3, 0.4) is 0 Å². The van der Waals surface area contributed by atoms with E-state index in [4.69, 9.17) is 0 Å². The normalized spacial score (nSPS) is 13.8. The first kappa shape index (κ1) is 20.6. The van der Waals surface area contributed by atoms with Crippen LogP contribution in [0.5, 0.6) is 0 Å². The smallest absolute Gasteiger partial charge is 0.351 e. The summed E-state index contributed by atoms with van der Waals surface area (Å²) in [5.41, 5.74) is -0.112. The topological polar surface area (TPSA) is 46.9 Å². The van der Waals surface area contributed by atoms with Crippen LogP contribution < -0.4 is 5.32 Å². The summed E-state index contributed by atoms with van der Waals surface area (Å²) >= 11 is 1.26. The molecule has 0 spiro atoms. The molecule has 0 aliphatic rings. The Bertz CT molecular complexity index is 793. The van der Waals surface area contributed by atoms with E-state index in [0.717, 1.165) is 18.6 Å². The molecule has 1 aromatic heterocycles. The minimum absolute atomic E-state index is 0.131. The van der Waals surface area contributed by atoms with E-state index >= 15 is 0 Å². The van der Waals surface area contributed by atoms with E-state index in [9.17, 15) is 18.0 Å². The SMILES string of the molecule is CCCn1c(SC(C)C(=O)NC(C)(C)C)nc2ccc(C(F)(F)F)cc21. The van der Waals surface area contributed by atoms with Crippen molar-refractivity contribution in [2.75, 3.05) is 0 Å². The molecule has 0 saturated heterocycles. The van der Waals surface area contributed by atoms with Gasteiger partial charge in [0.2, 0.25) is 5.91 Å². The molecular weight excluding hydrogens is 363 g/mol. The van der Waals surface area contributed by atoms with E-state index in [2.05, 4.69) is 10.3 Å². The first-order valence-electron chi connectivity index (χ1n) is 8.48. The number of alkyl halides is 3. The van der Waals surface area contributed by atoms with Gasteiger partial charge in [0.05, 0.1) is 21.8 Å². The number of aryl methyl sites for hydroxylation is 1. The zero-order chi connectivity index (χ0) is 19.7. The molecular formula is C18H24F3N3OS. The summed E-state index contributed by atoms with van der Waals surface area (Å²) in [6.45, 7) is 9.94. The van der Waals surface area contributed by atoms with Crippen molar-refractivity contribution in [3.05, 3.63) is 23.8 Å². The quantitative estimate of drug-likeness (QED) is 0.746. The van der Waals surface area contributed by atoms with Crippen molar-refractivity contribution in [1.82, 2.24) is 14.9 Å². The fourth-order valence-electron chi connectivity index (χ4n) is 2.49. The monoisotopic (exact) mass is 387 g/mol. The van der Waals surface area contributed by atoms with Crippen LogP contribution in [0.15, 0.2) is 23.4 Å². The van der Waals surface area contributed by atoms with Crippen LogP contribution >= 0.6 is 11.8 Å². The Kier molecular flexibility index (Phi) is 5.95.